The number of hydrogen-bond acceptors (Lipinski definition) is 3. The average Bonchev–Trinajstić information content (AvgIpc) is 2.55. The number of rotatable bonds is 3. The summed E-state index contributed by atoms with van der Waals surface area (Å²) in [5.74, 6) is 0.385. The van der Waals surface area contributed by atoms with Crippen molar-refractivity contribution in [3.63, 3.8) is 0 Å². The van der Waals surface area contributed by atoms with E-state index in [1.807, 2.05) is 48.3 Å². The van der Waals surface area contributed by atoms with Gasteiger partial charge < -0.3 is 4.90 Å². The maximum absolute atomic E-state index is 13.0. The van der Waals surface area contributed by atoms with Gasteiger partial charge in [-0.3, -0.25) is 0 Å². The van der Waals surface area contributed by atoms with Crippen LogP contribution in [0.1, 0.15) is 0 Å². The number of aromatic nitrogens is 2. The van der Waals surface area contributed by atoms with Crippen LogP contribution in [0.3, 0.4) is 0 Å². The van der Waals surface area contributed by atoms with E-state index in [1.165, 1.54) is 12.1 Å². The third kappa shape index (κ3) is 3.07. The van der Waals surface area contributed by atoms with E-state index >= 15 is 0 Å². The van der Waals surface area contributed by atoms with E-state index in [1.54, 1.807) is 12.1 Å². The molecule has 0 aliphatic carbocycles. The van der Waals surface area contributed by atoms with Crippen molar-refractivity contribution < 1.29 is 4.39 Å². The number of nitrogens with zero attached hydrogens (tertiary/aromatic N) is 3. The van der Waals surface area contributed by atoms with Crippen LogP contribution < -0.4 is 4.90 Å². The van der Waals surface area contributed by atoms with Gasteiger partial charge in [0.1, 0.15) is 11.6 Å². The standard InChI is InChI=1S/C17H13ClFN3/c1-22(14-5-3-2-4-6-14)16-11-15(20-17(18)21-16)12-7-9-13(19)10-8-12/h2-11H,1H3. The van der Waals surface area contributed by atoms with Crippen LogP contribution in [0.2, 0.25) is 5.28 Å². The summed E-state index contributed by atoms with van der Waals surface area (Å²) < 4.78 is 13.0. The fourth-order valence-electron chi connectivity index (χ4n) is 2.13. The number of para-hydroxylation sites is 1. The molecule has 0 unspecified atom stereocenters. The van der Waals surface area contributed by atoms with Crippen molar-refractivity contribution in [2.75, 3.05) is 11.9 Å². The lowest BCUT2D eigenvalue weighted by Crippen LogP contribution is -2.11. The fraction of sp³-hybridized carbons (Fsp3) is 0.0588. The monoisotopic (exact) mass is 313 g/mol. The number of anilines is 2. The summed E-state index contributed by atoms with van der Waals surface area (Å²) in [5, 5.41) is 0.152. The van der Waals surface area contributed by atoms with Crippen molar-refractivity contribution >= 4 is 23.1 Å². The Hall–Kier alpha value is -2.46. The summed E-state index contributed by atoms with van der Waals surface area (Å²) in [6, 6.07) is 17.8. The zero-order chi connectivity index (χ0) is 15.5. The maximum atomic E-state index is 13.0. The van der Waals surface area contributed by atoms with Gasteiger partial charge in [-0.25, -0.2) is 14.4 Å². The summed E-state index contributed by atoms with van der Waals surface area (Å²) in [6.07, 6.45) is 0. The van der Waals surface area contributed by atoms with Gasteiger partial charge in [0, 0.05) is 24.4 Å². The Morgan fingerprint density at radius 2 is 1.64 bits per heavy atom. The molecule has 1 aromatic heterocycles. The lowest BCUT2D eigenvalue weighted by molar-refractivity contribution is 0.628. The second kappa shape index (κ2) is 6.12. The molecule has 22 heavy (non-hydrogen) atoms. The predicted octanol–water partition coefficient (Wildman–Crippen LogP) is 4.70. The quantitative estimate of drug-likeness (QED) is 0.656. The summed E-state index contributed by atoms with van der Waals surface area (Å²) >= 11 is 6.04. The van der Waals surface area contributed by atoms with Crippen LogP contribution in [0.4, 0.5) is 15.9 Å². The molecule has 1 heterocycles. The first-order chi connectivity index (χ1) is 10.6. The molecule has 0 radical (unpaired) electrons. The Bertz CT molecular complexity index is 776. The van der Waals surface area contributed by atoms with Gasteiger partial charge in [0.15, 0.2) is 0 Å². The van der Waals surface area contributed by atoms with Gasteiger partial charge in [-0.15, -0.1) is 0 Å². The van der Waals surface area contributed by atoms with Gasteiger partial charge in [0.05, 0.1) is 5.69 Å². The van der Waals surface area contributed by atoms with E-state index in [4.69, 9.17) is 11.6 Å². The SMILES string of the molecule is CN(c1ccccc1)c1cc(-c2ccc(F)cc2)nc(Cl)n1. The van der Waals surface area contributed by atoms with Gasteiger partial charge in [-0.2, -0.15) is 0 Å². The van der Waals surface area contributed by atoms with Crippen LogP contribution in [-0.2, 0) is 0 Å². The lowest BCUT2D eigenvalue weighted by atomic mass is 10.1. The molecule has 2 aromatic carbocycles. The van der Waals surface area contributed by atoms with E-state index in [0.717, 1.165) is 11.3 Å². The number of benzene rings is 2. The summed E-state index contributed by atoms with van der Waals surface area (Å²) in [5.41, 5.74) is 2.42. The fourth-order valence-corrected chi connectivity index (χ4v) is 2.31. The molecule has 0 spiro atoms. The minimum Gasteiger partial charge on any atom is -0.329 e. The van der Waals surface area contributed by atoms with Crippen LogP contribution in [0.15, 0.2) is 60.7 Å². The first-order valence-corrected chi connectivity index (χ1v) is 7.10. The van der Waals surface area contributed by atoms with E-state index in [0.29, 0.717) is 11.5 Å². The maximum Gasteiger partial charge on any atom is 0.224 e. The predicted molar refractivity (Wildman–Crippen MR) is 86.9 cm³/mol. The highest BCUT2D eigenvalue weighted by atomic mass is 35.5. The van der Waals surface area contributed by atoms with Crippen LogP contribution in [0.5, 0.6) is 0 Å². The molecule has 3 nitrogen and oxygen atoms in total. The summed E-state index contributed by atoms with van der Waals surface area (Å²) in [4.78, 5) is 10.4. The van der Waals surface area contributed by atoms with Gasteiger partial charge in [0.2, 0.25) is 5.28 Å². The minimum absolute atomic E-state index is 0.152. The Balaban J connectivity index is 2.01. The van der Waals surface area contributed by atoms with Crippen molar-refractivity contribution in [3.05, 3.63) is 71.8 Å². The number of hydrogen-bond donors (Lipinski definition) is 0. The highest BCUT2D eigenvalue weighted by Crippen LogP contribution is 2.27. The molecule has 0 aliphatic rings. The molecule has 0 N–H and O–H groups in total. The number of halogens is 2. The van der Waals surface area contributed by atoms with E-state index in [9.17, 15) is 4.39 Å². The zero-order valence-electron chi connectivity index (χ0n) is 11.9. The lowest BCUT2D eigenvalue weighted by Gasteiger charge is -2.19. The van der Waals surface area contributed by atoms with E-state index in [2.05, 4.69) is 9.97 Å². The summed E-state index contributed by atoms with van der Waals surface area (Å²) in [6.45, 7) is 0. The molecule has 0 saturated heterocycles. The smallest absolute Gasteiger partial charge is 0.224 e. The molecule has 3 rings (SSSR count). The van der Waals surface area contributed by atoms with Crippen LogP contribution in [0.25, 0.3) is 11.3 Å². The van der Waals surface area contributed by atoms with Crippen LogP contribution >= 0.6 is 11.6 Å². The van der Waals surface area contributed by atoms with Crippen LogP contribution in [0, 0.1) is 5.82 Å². The normalized spacial score (nSPS) is 10.5. The Kier molecular flexibility index (Phi) is 4.02. The Morgan fingerprint density at radius 3 is 2.32 bits per heavy atom. The summed E-state index contributed by atoms with van der Waals surface area (Å²) in [7, 11) is 1.91. The average molecular weight is 314 g/mol. The van der Waals surface area contributed by atoms with Gasteiger partial charge in [-0.1, -0.05) is 18.2 Å². The molecule has 0 bridgehead atoms. The van der Waals surface area contributed by atoms with Crippen molar-refractivity contribution in [2.24, 2.45) is 0 Å². The zero-order valence-corrected chi connectivity index (χ0v) is 12.6. The highest BCUT2D eigenvalue weighted by Gasteiger charge is 2.10. The molecule has 5 heteroatoms. The van der Waals surface area contributed by atoms with Crippen molar-refractivity contribution in [1.82, 2.24) is 9.97 Å². The van der Waals surface area contributed by atoms with Gasteiger partial charge in [0.25, 0.3) is 0 Å². The molecule has 0 fully saturated rings. The third-order valence-electron chi connectivity index (χ3n) is 3.31. The topological polar surface area (TPSA) is 29.0 Å². The molecular weight excluding hydrogens is 301 g/mol. The van der Waals surface area contributed by atoms with Gasteiger partial charge in [-0.05, 0) is 48.0 Å². The second-order valence-electron chi connectivity index (χ2n) is 4.78. The van der Waals surface area contributed by atoms with Crippen molar-refractivity contribution in [3.8, 4) is 11.3 Å². The molecule has 0 saturated carbocycles. The first kappa shape index (κ1) is 14.5. The third-order valence-corrected chi connectivity index (χ3v) is 3.48. The first-order valence-electron chi connectivity index (χ1n) is 6.73. The van der Waals surface area contributed by atoms with Crippen molar-refractivity contribution in [1.29, 1.82) is 0 Å². The van der Waals surface area contributed by atoms with Crippen molar-refractivity contribution in [2.45, 2.75) is 0 Å². The molecule has 110 valence electrons. The minimum atomic E-state index is -0.287. The molecular formula is C17H13ClFN3. The van der Waals surface area contributed by atoms with E-state index in [-0.39, 0.29) is 11.1 Å². The molecule has 0 atom stereocenters. The van der Waals surface area contributed by atoms with E-state index < -0.39 is 0 Å². The molecule has 3 aromatic rings. The largest absolute Gasteiger partial charge is 0.329 e. The molecule has 0 amide bonds. The second-order valence-corrected chi connectivity index (χ2v) is 5.12. The molecule has 0 aliphatic heterocycles. The van der Waals surface area contributed by atoms with Gasteiger partial charge >= 0.3 is 0 Å². The highest BCUT2D eigenvalue weighted by molar-refractivity contribution is 6.28. The Labute approximate surface area is 133 Å². The van der Waals surface area contributed by atoms with Crippen LogP contribution in [-0.4, -0.2) is 17.0 Å². The Morgan fingerprint density at radius 1 is 0.955 bits per heavy atom.